The number of aryl methyl sites for hydroxylation is 1. The molecule has 0 amide bonds. The summed E-state index contributed by atoms with van der Waals surface area (Å²) in [5.74, 6) is 0. The predicted octanol–water partition coefficient (Wildman–Crippen LogP) is 4.45. The molecule has 0 N–H and O–H groups in total. The first-order chi connectivity index (χ1) is 6.64. The monoisotopic (exact) mass is 226 g/mol. The fourth-order valence-electron chi connectivity index (χ4n) is 1.70. The van der Waals surface area contributed by atoms with Crippen molar-refractivity contribution < 1.29 is 0 Å². The van der Waals surface area contributed by atoms with Crippen molar-refractivity contribution in [1.29, 1.82) is 0 Å². The van der Waals surface area contributed by atoms with Gasteiger partial charge in [0.1, 0.15) is 0 Å². The van der Waals surface area contributed by atoms with Crippen LogP contribution in [0, 0.1) is 0 Å². The summed E-state index contributed by atoms with van der Waals surface area (Å²) in [6.07, 6.45) is 2.37. The van der Waals surface area contributed by atoms with Crippen LogP contribution in [0.5, 0.6) is 0 Å². The molecular formula is C12H19ClSi. The van der Waals surface area contributed by atoms with Crippen molar-refractivity contribution in [3.8, 4) is 0 Å². The molecule has 2 heteroatoms. The van der Waals surface area contributed by atoms with Crippen LogP contribution < -0.4 is 0 Å². The van der Waals surface area contributed by atoms with E-state index < -0.39 is 7.38 Å². The first-order valence-corrected chi connectivity index (χ1v) is 9.29. The zero-order valence-corrected chi connectivity index (χ0v) is 10.8. The Hall–Kier alpha value is -0.273. The van der Waals surface area contributed by atoms with Gasteiger partial charge < -0.3 is 0 Å². The molecule has 1 aromatic rings. The maximum absolute atomic E-state index is 6.53. The third-order valence-electron chi connectivity index (χ3n) is 2.55. The van der Waals surface area contributed by atoms with Crippen molar-refractivity contribution in [2.24, 2.45) is 0 Å². The smallest absolute Gasteiger partial charge is 0.153 e. The molecule has 1 atom stereocenters. The lowest BCUT2D eigenvalue weighted by Crippen LogP contribution is -2.21. The molecule has 0 heterocycles. The van der Waals surface area contributed by atoms with Crippen LogP contribution in [0.3, 0.4) is 0 Å². The molecule has 0 aliphatic carbocycles. The van der Waals surface area contributed by atoms with E-state index in [0.29, 0.717) is 0 Å². The van der Waals surface area contributed by atoms with E-state index in [2.05, 4.69) is 43.8 Å². The van der Waals surface area contributed by atoms with Crippen molar-refractivity contribution in [3.05, 3.63) is 35.9 Å². The van der Waals surface area contributed by atoms with Crippen LogP contribution in [0.4, 0.5) is 0 Å². The highest BCUT2D eigenvalue weighted by Gasteiger charge is 2.22. The molecule has 0 fully saturated rings. The fraction of sp³-hybridized carbons (Fsp3) is 0.500. The SMILES string of the molecule is CCC[Si](C)(Cl)CCc1ccccc1. The number of rotatable bonds is 5. The van der Waals surface area contributed by atoms with Crippen LogP contribution in [-0.2, 0) is 6.42 Å². The van der Waals surface area contributed by atoms with Gasteiger partial charge in [-0.05, 0) is 24.1 Å². The Balaban J connectivity index is 2.40. The third-order valence-corrected chi connectivity index (χ3v) is 6.52. The number of hydrogen-bond acceptors (Lipinski definition) is 0. The lowest BCUT2D eigenvalue weighted by Gasteiger charge is -2.17. The first-order valence-electron chi connectivity index (χ1n) is 5.37. The highest BCUT2D eigenvalue weighted by molar-refractivity contribution is 7.19. The van der Waals surface area contributed by atoms with Gasteiger partial charge in [-0.1, -0.05) is 50.2 Å². The Kier molecular flexibility index (Phi) is 4.69. The molecule has 0 spiro atoms. The van der Waals surface area contributed by atoms with Crippen LogP contribution in [-0.4, -0.2) is 7.38 Å². The van der Waals surface area contributed by atoms with E-state index >= 15 is 0 Å². The minimum absolute atomic E-state index is 1.15. The largest absolute Gasteiger partial charge is 0.167 e. The van der Waals surface area contributed by atoms with Crippen molar-refractivity contribution in [2.75, 3.05) is 0 Å². The molecule has 1 unspecified atom stereocenters. The Labute approximate surface area is 93.0 Å². The predicted molar refractivity (Wildman–Crippen MR) is 67.5 cm³/mol. The van der Waals surface area contributed by atoms with E-state index in [-0.39, 0.29) is 0 Å². The van der Waals surface area contributed by atoms with Crippen molar-refractivity contribution >= 4 is 18.5 Å². The topological polar surface area (TPSA) is 0 Å². The Morgan fingerprint density at radius 2 is 1.79 bits per heavy atom. The van der Waals surface area contributed by atoms with Gasteiger partial charge in [0.05, 0.1) is 0 Å². The van der Waals surface area contributed by atoms with E-state index in [9.17, 15) is 0 Å². The molecule has 0 bridgehead atoms. The molecule has 14 heavy (non-hydrogen) atoms. The average molecular weight is 227 g/mol. The van der Waals surface area contributed by atoms with Gasteiger partial charge in [0.15, 0.2) is 7.38 Å². The van der Waals surface area contributed by atoms with E-state index in [4.69, 9.17) is 11.1 Å². The average Bonchev–Trinajstić information content (AvgIpc) is 2.17. The summed E-state index contributed by atoms with van der Waals surface area (Å²) in [5, 5.41) is 0. The van der Waals surface area contributed by atoms with Crippen molar-refractivity contribution in [1.82, 2.24) is 0 Å². The maximum atomic E-state index is 6.53. The zero-order chi connectivity index (χ0) is 10.4. The van der Waals surface area contributed by atoms with E-state index in [1.54, 1.807) is 0 Å². The molecule has 0 aromatic heterocycles. The number of benzene rings is 1. The summed E-state index contributed by atoms with van der Waals surface area (Å²) in [7, 11) is -1.41. The molecule has 0 saturated heterocycles. The van der Waals surface area contributed by atoms with Gasteiger partial charge in [0.2, 0.25) is 0 Å². The fourth-order valence-corrected chi connectivity index (χ4v) is 4.65. The molecule has 0 aliphatic heterocycles. The molecule has 0 aliphatic rings. The lowest BCUT2D eigenvalue weighted by atomic mass is 10.2. The van der Waals surface area contributed by atoms with Gasteiger partial charge in [-0.15, -0.1) is 0 Å². The quantitative estimate of drug-likeness (QED) is 0.514. The summed E-state index contributed by atoms with van der Waals surface area (Å²) < 4.78 is 0. The Morgan fingerprint density at radius 3 is 2.36 bits per heavy atom. The first kappa shape index (κ1) is 11.8. The summed E-state index contributed by atoms with van der Waals surface area (Å²) in [4.78, 5) is 0. The summed E-state index contributed by atoms with van der Waals surface area (Å²) in [6.45, 7) is 4.50. The van der Waals surface area contributed by atoms with Gasteiger partial charge in [-0.2, -0.15) is 11.1 Å². The van der Waals surface area contributed by atoms with Crippen LogP contribution in [0.1, 0.15) is 18.9 Å². The maximum Gasteiger partial charge on any atom is 0.153 e. The minimum atomic E-state index is -1.41. The minimum Gasteiger partial charge on any atom is -0.167 e. The van der Waals surface area contributed by atoms with Crippen LogP contribution in [0.2, 0.25) is 18.6 Å². The van der Waals surface area contributed by atoms with Crippen LogP contribution in [0.25, 0.3) is 0 Å². The standard InChI is InChI=1S/C12H19ClSi/c1-3-10-14(2,13)11-9-12-7-5-4-6-8-12/h4-8H,3,9-11H2,1-2H3. The van der Waals surface area contributed by atoms with Gasteiger partial charge >= 0.3 is 0 Å². The lowest BCUT2D eigenvalue weighted by molar-refractivity contribution is 1.02. The van der Waals surface area contributed by atoms with Crippen LogP contribution >= 0.6 is 11.1 Å². The molecule has 1 rings (SSSR count). The highest BCUT2D eigenvalue weighted by Crippen LogP contribution is 2.24. The molecular weight excluding hydrogens is 208 g/mol. The zero-order valence-electron chi connectivity index (χ0n) is 9.09. The van der Waals surface area contributed by atoms with E-state index in [1.807, 2.05) is 0 Å². The molecule has 1 aromatic carbocycles. The van der Waals surface area contributed by atoms with E-state index in [1.165, 1.54) is 24.1 Å². The molecule has 0 saturated carbocycles. The van der Waals surface area contributed by atoms with E-state index in [0.717, 1.165) is 6.42 Å². The summed E-state index contributed by atoms with van der Waals surface area (Å²) >= 11 is 6.53. The van der Waals surface area contributed by atoms with Gasteiger partial charge in [0, 0.05) is 0 Å². The summed E-state index contributed by atoms with van der Waals surface area (Å²) in [6, 6.07) is 13.1. The molecule has 0 radical (unpaired) electrons. The second kappa shape index (κ2) is 5.57. The van der Waals surface area contributed by atoms with Crippen molar-refractivity contribution in [2.45, 2.75) is 38.4 Å². The number of halogens is 1. The Bertz CT molecular complexity index is 256. The normalized spacial score (nSPS) is 15.1. The number of hydrogen-bond donors (Lipinski definition) is 0. The molecule has 78 valence electrons. The van der Waals surface area contributed by atoms with Crippen LogP contribution in [0.15, 0.2) is 30.3 Å². The Morgan fingerprint density at radius 1 is 1.14 bits per heavy atom. The summed E-state index contributed by atoms with van der Waals surface area (Å²) in [5.41, 5.74) is 1.42. The highest BCUT2D eigenvalue weighted by atomic mass is 35.6. The third kappa shape index (κ3) is 4.29. The second-order valence-electron chi connectivity index (χ2n) is 4.15. The van der Waals surface area contributed by atoms with Gasteiger partial charge in [-0.25, -0.2) is 0 Å². The van der Waals surface area contributed by atoms with Crippen molar-refractivity contribution in [3.63, 3.8) is 0 Å². The van der Waals surface area contributed by atoms with Gasteiger partial charge in [-0.3, -0.25) is 0 Å². The molecule has 0 nitrogen and oxygen atoms in total. The van der Waals surface area contributed by atoms with Gasteiger partial charge in [0.25, 0.3) is 0 Å². The second-order valence-corrected chi connectivity index (χ2v) is 10.7.